The van der Waals surface area contributed by atoms with Gasteiger partial charge in [0.05, 0.1) is 7.11 Å². The van der Waals surface area contributed by atoms with Crippen LogP contribution in [-0.4, -0.2) is 31.1 Å². The monoisotopic (exact) mass is 395 g/mol. The van der Waals surface area contributed by atoms with Gasteiger partial charge in [-0.25, -0.2) is 4.79 Å². The number of carbonyl (C=O) groups excluding carboxylic acids is 2. The molecule has 28 heavy (non-hydrogen) atoms. The van der Waals surface area contributed by atoms with Crippen LogP contribution in [0.25, 0.3) is 0 Å². The summed E-state index contributed by atoms with van der Waals surface area (Å²) in [7, 11) is 1.24. The highest BCUT2D eigenvalue weighted by molar-refractivity contribution is 6.03. The first-order chi connectivity index (χ1) is 13.3. The predicted octanol–water partition coefficient (Wildman–Crippen LogP) is 4.10. The third-order valence-electron chi connectivity index (χ3n) is 5.76. The number of alkyl halides is 3. The zero-order valence-electron chi connectivity index (χ0n) is 15.8. The summed E-state index contributed by atoms with van der Waals surface area (Å²) in [5, 5.41) is 2.91. The number of carbonyl (C=O) groups is 2. The van der Waals surface area contributed by atoms with E-state index >= 15 is 0 Å². The van der Waals surface area contributed by atoms with Crippen molar-refractivity contribution in [1.82, 2.24) is 5.32 Å². The van der Waals surface area contributed by atoms with E-state index in [1.54, 1.807) is 0 Å². The molecule has 0 heterocycles. The number of esters is 1. The average Bonchev–Trinajstić information content (AvgIpc) is 2.67. The first-order valence-corrected chi connectivity index (χ1v) is 9.50. The summed E-state index contributed by atoms with van der Waals surface area (Å²) in [6.45, 7) is 0. The second-order valence-electron chi connectivity index (χ2n) is 7.61. The molecule has 0 radical (unpaired) electrons. The summed E-state index contributed by atoms with van der Waals surface area (Å²) < 4.78 is 44.5. The van der Waals surface area contributed by atoms with E-state index in [2.05, 4.69) is 5.32 Å². The molecule has 1 N–H and O–H groups in total. The summed E-state index contributed by atoms with van der Waals surface area (Å²) in [5.74, 6) is -2.36. The fourth-order valence-electron chi connectivity index (χ4n) is 4.42. The maximum absolute atomic E-state index is 13.2. The van der Waals surface area contributed by atoms with Crippen LogP contribution in [-0.2, 0) is 20.7 Å². The number of nitrogens with one attached hydrogen (secondary N) is 1. The molecule has 1 saturated carbocycles. The van der Waals surface area contributed by atoms with Crippen molar-refractivity contribution in [2.75, 3.05) is 7.11 Å². The number of hydrogen-bond acceptors (Lipinski definition) is 4. The lowest BCUT2D eigenvalue weighted by Crippen LogP contribution is -2.50. The molecule has 7 heteroatoms. The minimum absolute atomic E-state index is 0.179. The van der Waals surface area contributed by atoms with Gasteiger partial charge in [0.2, 0.25) is 0 Å². The lowest BCUT2D eigenvalue weighted by atomic mass is 9.57. The van der Waals surface area contributed by atoms with E-state index in [-0.39, 0.29) is 17.7 Å². The van der Waals surface area contributed by atoms with Crippen LogP contribution in [0.1, 0.15) is 44.1 Å². The summed E-state index contributed by atoms with van der Waals surface area (Å²) in [4.78, 5) is 24.4. The molecular weight excluding hydrogens is 371 g/mol. The highest BCUT2D eigenvalue weighted by atomic mass is 19.4. The van der Waals surface area contributed by atoms with Gasteiger partial charge < -0.3 is 10.1 Å². The summed E-state index contributed by atoms with van der Waals surface area (Å²) >= 11 is 0. The van der Waals surface area contributed by atoms with Crippen LogP contribution >= 0.6 is 0 Å². The van der Waals surface area contributed by atoms with Gasteiger partial charge >= 0.3 is 12.1 Å². The lowest BCUT2D eigenvalue weighted by molar-refractivity contribution is -0.169. The van der Waals surface area contributed by atoms with Crippen LogP contribution in [0, 0.1) is 5.41 Å². The molecular formula is C21H24F3NO3. The average molecular weight is 395 g/mol. The van der Waals surface area contributed by atoms with Gasteiger partial charge in [0.25, 0.3) is 5.78 Å². The van der Waals surface area contributed by atoms with Gasteiger partial charge in [-0.1, -0.05) is 49.6 Å². The van der Waals surface area contributed by atoms with Crippen molar-refractivity contribution in [3.8, 4) is 0 Å². The van der Waals surface area contributed by atoms with E-state index in [4.69, 9.17) is 4.74 Å². The van der Waals surface area contributed by atoms with Crippen LogP contribution in [0.4, 0.5) is 13.2 Å². The molecule has 1 unspecified atom stereocenters. The zero-order chi connectivity index (χ0) is 20.4. The molecule has 1 fully saturated rings. The second-order valence-corrected chi connectivity index (χ2v) is 7.61. The van der Waals surface area contributed by atoms with Crippen LogP contribution in [0.2, 0.25) is 0 Å². The van der Waals surface area contributed by atoms with Crippen molar-refractivity contribution in [3.05, 3.63) is 47.2 Å². The van der Waals surface area contributed by atoms with E-state index in [1.807, 2.05) is 30.3 Å². The second kappa shape index (κ2) is 7.97. The first-order valence-electron chi connectivity index (χ1n) is 9.50. The van der Waals surface area contributed by atoms with Crippen molar-refractivity contribution in [2.45, 2.75) is 57.2 Å². The number of hydrogen-bond donors (Lipinski definition) is 1. The molecule has 3 rings (SSSR count). The molecule has 0 amide bonds. The Morgan fingerprint density at radius 3 is 2.36 bits per heavy atom. The normalized spacial score (nSPS) is 19.7. The van der Waals surface area contributed by atoms with Crippen molar-refractivity contribution in [3.63, 3.8) is 0 Å². The molecule has 152 valence electrons. The van der Waals surface area contributed by atoms with E-state index in [0.717, 1.165) is 24.8 Å². The van der Waals surface area contributed by atoms with E-state index in [9.17, 15) is 22.8 Å². The Hall–Kier alpha value is -2.31. The van der Waals surface area contributed by atoms with Crippen LogP contribution in [0.15, 0.2) is 41.6 Å². The van der Waals surface area contributed by atoms with Gasteiger partial charge in [0, 0.05) is 23.1 Å². The van der Waals surface area contributed by atoms with E-state index in [1.165, 1.54) is 7.11 Å². The number of methoxy groups -OCH3 is 1. The molecule has 1 aromatic carbocycles. The number of ether oxygens (including phenoxy) is 1. The molecule has 4 nitrogen and oxygen atoms in total. The number of Topliss-reactive ketones (excluding diaryl/α,β-unsaturated/α-hetero) is 1. The number of ketones is 1. The van der Waals surface area contributed by atoms with Crippen LogP contribution in [0.5, 0.6) is 0 Å². The van der Waals surface area contributed by atoms with Gasteiger partial charge in [-0.15, -0.1) is 0 Å². The number of rotatable bonds is 6. The predicted molar refractivity (Wildman–Crippen MR) is 97.3 cm³/mol. The highest BCUT2D eigenvalue weighted by Crippen LogP contribution is 2.56. The molecule has 1 atom stereocenters. The minimum atomic E-state index is -4.92. The van der Waals surface area contributed by atoms with Gasteiger partial charge in [0.15, 0.2) is 0 Å². The third-order valence-corrected chi connectivity index (χ3v) is 5.76. The standard InChI is InChI=1S/C21H24F3NO3/c1-28-19(27)15(12-14-8-4-2-5-9-14)25-16-13-20(10-6-3-7-11-20)17(16)18(26)21(22,23)24/h2,4-5,8-9,15,25H,3,6-7,10-13H2,1H3. The molecule has 0 aliphatic heterocycles. The van der Waals surface area contributed by atoms with E-state index in [0.29, 0.717) is 19.3 Å². The zero-order valence-corrected chi connectivity index (χ0v) is 15.8. The number of benzene rings is 1. The number of allylic oxidation sites excluding steroid dienone is 2. The van der Waals surface area contributed by atoms with Crippen molar-refractivity contribution < 1.29 is 27.5 Å². The van der Waals surface area contributed by atoms with Crippen LogP contribution in [0.3, 0.4) is 0 Å². The lowest BCUT2D eigenvalue weighted by Gasteiger charge is -2.48. The van der Waals surface area contributed by atoms with E-state index < -0.39 is 29.4 Å². The summed E-state index contributed by atoms with van der Waals surface area (Å²) in [6.07, 6.45) is -0.541. The third kappa shape index (κ3) is 4.08. The molecule has 2 aliphatic carbocycles. The van der Waals surface area contributed by atoms with Gasteiger partial charge in [-0.2, -0.15) is 13.2 Å². The molecule has 0 saturated heterocycles. The molecule has 1 aromatic rings. The smallest absolute Gasteiger partial charge is 0.454 e. The SMILES string of the molecule is COC(=O)C(Cc1ccccc1)NC1=C(C(=O)C(F)(F)F)C2(CCCCC2)C1. The Bertz CT molecular complexity index is 765. The van der Waals surface area contributed by atoms with Crippen molar-refractivity contribution in [2.24, 2.45) is 5.41 Å². The summed E-state index contributed by atoms with van der Waals surface area (Å²) in [6, 6.07) is 8.29. The quantitative estimate of drug-likeness (QED) is 0.737. The molecule has 1 spiro atoms. The Balaban J connectivity index is 1.89. The van der Waals surface area contributed by atoms with Gasteiger partial charge in [-0.05, 0) is 24.8 Å². The number of halogens is 3. The van der Waals surface area contributed by atoms with Crippen molar-refractivity contribution >= 4 is 11.8 Å². The maximum atomic E-state index is 13.2. The highest BCUT2D eigenvalue weighted by Gasteiger charge is 2.55. The topological polar surface area (TPSA) is 55.4 Å². The fourth-order valence-corrected chi connectivity index (χ4v) is 4.42. The Morgan fingerprint density at radius 1 is 1.14 bits per heavy atom. The van der Waals surface area contributed by atoms with Crippen LogP contribution < -0.4 is 5.32 Å². The first kappa shape index (κ1) is 20.4. The van der Waals surface area contributed by atoms with Gasteiger partial charge in [0.1, 0.15) is 6.04 Å². The Kier molecular flexibility index (Phi) is 5.82. The fraction of sp³-hybridized carbons (Fsp3) is 0.524. The Labute approximate surface area is 162 Å². The van der Waals surface area contributed by atoms with Crippen molar-refractivity contribution in [1.29, 1.82) is 0 Å². The Morgan fingerprint density at radius 2 is 1.79 bits per heavy atom. The molecule has 0 bridgehead atoms. The summed E-state index contributed by atoms with van der Waals surface area (Å²) in [5.41, 5.74) is 0.194. The molecule has 2 aliphatic rings. The maximum Gasteiger partial charge on any atom is 0.454 e. The van der Waals surface area contributed by atoms with Gasteiger partial charge in [-0.3, -0.25) is 4.79 Å². The largest absolute Gasteiger partial charge is 0.467 e. The molecule has 0 aromatic heterocycles. The minimum Gasteiger partial charge on any atom is -0.467 e.